The zero-order valence-corrected chi connectivity index (χ0v) is 11.5. The second kappa shape index (κ2) is 6.61. The van der Waals surface area contributed by atoms with E-state index in [1.165, 1.54) is 0 Å². The Morgan fingerprint density at radius 1 is 1.44 bits per heavy atom. The third-order valence-corrected chi connectivity index (χ3v) is 2.88. The van der Waals surface area contributed by atoms with Crippen molar-refractivity contribution in [2.24, 2.45) is 17.4 Å². The van der Waals surface area contributed by atoms with Crippen LogP contribution in [0.5, 0.6) is 0 Å². The molecule has 0 aliphatic heterocycles. The van der Waals surface area contributed by atoms with Crippen molar-refractivity contribution in [1.29, 1.82) is 0 Å². The number of carbonyl (C=O) groups excluding carboxylic acids is 1. The van der Waals surface area contributed by atoms with Gasteiger partial charge >= 0.3 is 0 Å². The van der Waals surface area contributed by atoms with Gasteiger partial charge < -0.3 is 16.8 Å². The first-order valence-corrected chi connectivity index (χ1v) is 6.37. The number of amides is 1. The highest BCUT2D eigenvalue weighted by atomic mass is 35.5. The van der Waals surface area contributed by atoms with Crippen molar-refractivity contribution in [2.45, 2.75) is 26.3 Å². The maximum Gasteiger partial charge on any atom is 0.250 e. The number of rotatable bonds is 6. The van der Waals surface area contributed by atoms with Crippen LogP contribution >= 0.6 is 11.6 Å². The fourth-order valence-electron chi connectivity index (χ4n) is 1.85. The van der Waals surface area contributed by atoms with Gasteiger partial charge in [0, 0.05) is 23.3 Å². The lowest BCUT2D eigenvalue weighted by Gasteiger charge is -2.21. The molecule has 0 spiro atoms. The molecular weight excluding hydrogens is 250 g/mol. The Morgan fingerprint density at radius 2 is 2.11 bits per heavy atom. The largest absolute Gasteiger partial charge is 0.380 e. The van der Waals surface area contributed by atoms with Crippen LogP contribution in [0.4, 0.5) is 5.69 Å². The van der Waals surface area contributed by atoms with E-state index in [4.69, 9.17) is 23.1 Å². The summed E-state index contributed by atoms with van der Waals surface area (Å²) >= 11 is 5.86. The topological polar surface area (TPSA) is 81.1 Å². The average molecular weight is 270 g/mol. The number of anilines is 1. The van der Waals surface area contributed by atoms with Crippen LogP contribution in [-0.4, -0.2) is 18.5 Å². The van der Waals surface area contributed by atoms with Crippen LogP contribution in [-0.2, 0) is 0 Å². The number of hydrogen-bond acceptors (Lipinski definition) is 3. The van der Waals surface area contributed by atoms with E-state index in [0.29, 0.717) is 28.7 Å². The molecule has 0 radical (unpaired) electrons. The second-order valence-electron chi connectivity index (χ2n) is 4.76. The van der Waals surface area contributed by atoms with Gasteiger partial charge in [-0.3, -0.25) is 4.79 Å². The minimum Gasteiger partial charge on any atom is -0.380 e. The molecule has 0 saturated carbocycles. The van der Waals surface area contributed by atoms with Crippen LogP contribution in [0.1, 0.15) is 30.6 Å². The van der Waals surface area contributed by atoms with Gasteiger partial charge in [0.2, 0.25) is 0 Å². The lowest BCUT2D eigenvalue weighted by atomic mass is 10.0. The van der Waals surface area contributed by atoms with Gasteiger partial charge in [0.15, 0.2) is 0 Å². The van der Waals surface area contributed by atoms with Gasteiger partial charge in [-0.25, -0.2) is 0 Å². The maximum atomic E-state index is 11.4. The molecule has 100 valence electrons. The van der Waals surface area contributed by atoms with Crippen molar-refractivity contribution in [3.8, 4) is 0 Å². The van der Waals surface area contributed by atoms with E-state index in [2.05, 4.69) is 19.2 Å². The van der Waals surface area contributed by atoms with Crippen LogP contribution in [0.25, 0.3) is 0 Å². The molecule has 0 bridgehead atoms. The molecule has 0 fully saturated rings. The summed E-state index contributed by atoms with van der Waals surface area (Å²) in [6.07, 6.45) is 0.928. The number of hydrogen-bond donors (Lipinski definition) is 3. The quantitative estimate of drug-likeness (QED) is 0.741. The van der Waals surface area contributed by atoms with Gasteiger partial charge in [-0.05, 0) is 30.5 Å². The smallest absolute Gasteiger partial charge is 0.250 e. The number of nitrogens with one attached hydrogen (secondary N) is 1. The molecule has 5 N–H and O–H groups in total. The Kier molecular flexibility index (Phi) is 5.44. The Morgan fingerprint density at radius 3 is 2.61 bits per heavy atom. The summed E-state index contributed by atoms with van der Waals surface area (Å²) in [4.78, 5) is 11.4. The molecule has 0 heterocycles. The number of halogens is 1. The van der Waals surface area contributed by atoms with E-state index in [0.717, 1.165) is 6.42 Å². The first-order valence-electron chi connectivity index (χ1n) is 6.00. The third kappa shape index (κ3) is 4.20. The van der Waals surface area contributed by atoms with Gasteiger partial charge in [-0.2, -0.15) is 0 Å². The summed E-state index contributed by atoms with van der Waals surface area (Å²) in [5.74, 6) is 0.0238. The van der Waals surface area contributed by atoms with Crippen molar-refractivity contribution in [3.63, 3.8) is 0 Å². The van der Waals surface area contributed by atoms with Gasteiger partial charge in [0.1, 0.15) is 0 Å². The first kappa shape index (κ1) is 14.8. The maximum absolute atomic E-state index is 11.4. The minimum absolute atomic E-state index is 0.115. The summed E-state index contributed by atoms with van der Waals surface area (Å²) in [6, 6.07) is 5.16. The van der Waals surface area contributed by atoms with Crippen LogP contribution in [0.3, 0.4) is 0 Å². The van der Waals surface area contributed by atoms with E-state index < -0.39 is 5.91 Å². The molecule has 0 saturated heterocycles. The number of benzene rings is 1. The molecule has 4 nitrogen and oxygen atoms in total. The zero-order valence-electron chi connectivity index (χ0n) is 10.7. The van der Waals surface area contributed by atoms with Crippen LogP contribution in [0.15, 0.2) is 18.2 Å². The lowest BCUT2D eigenvalue weighted by molar-refractivity contribution is 0.100. The van der Waals surface area contributed by atoms with E-state index in [-0.39, 0.29) is 6.04 Å². The summed E-state index contributed by atoms with van der Waals surface area (Å²) in [5.41, 5.74) is 12.1. The van der Waals surface area contributed by atoms with E-state index in [1.54, 1.807) is 18.2 Å². The molecule has 1 aromatic carbocycles. The van der Waals surface area contributed by atoms with Crippen LogP contribution in [0.2, 0.25) is 5.02 Å². The molecule has 1 amide bonds. The van der Waals surface area contributed by atoms with Crippen LogP contribution in [0, 0.1) is 5.92 Å². The summed E-state index contributed by atoms with van der Waals surface area (Å²) in [5, 5.41) is 3.74. The van der Waals surface area contributed by atoms with E-state index in [9.17, 15) is 4.79 Å². The number of nitrogens with two attached hydrogens (primary N) is 2. The van der Waals surface area contributed by atoms with E-state index in [1.807, 2.05) is 0 Å². The monoisotopic (exact) mass is 269 g/mol. The van der Waals surface area contributed by atoms with E-state index >= 15 is 0 Å². The Hall–Kier alpha value is -1.26. The normalized spacial score (nSPS) is 12.5. The molecule has 1 rings (SSSR count). The van der Waals surface area contributed by atoms with Crippen molar-refractivity contribution in [3.05, 3.63) is 28.8 Å². The highest BCUT2D eigenvalue weighted by Crippen LogP contribution is 2.22. The van der Waals surface area contributed by atoms with Crippen LogP contribution < -0.4 is 16.8 Å². The molecular formula is C13H20ClN3O. The third-order valence-electron chi connectivity index (χ3n) is 2.65. The van der Waals surface area contributed by atoms with Crippen molar-refractivity contribution < 1.29 is 4.79 Å². The number of carbonyl (C=O) groups is 1. The van der Waals surface area contributed by atoms with Gasteiger partial charge in [-0.15, -0.1) is 0 Å². The predicted octanol–water partition coefficient (Wildman–Crippen LogP) is 2.22. The summed E-state index contributed by atoms with van der Waals surface area (Å²) in [7, 11) is 0. The summed E-state index contributed by atoms with van der Waals surface area (Å²) < 4.78 is 0. The average Bonchev–Trinajstić information content (AvgIpc) is 2.29. The van der Waals surface area contributed by atoms with Gasteiger partial charge in [0.25, 0.3) is 5.91 Å². The Balaban J connectivity index is 2.91. The molecule has 1 atom stereocenters. The molecule has 0 aromatic heterocycles. The molecule has 1 unspecified atom stereocenters. The molecule has 18 heavy (non-hydrogen) atoms. The second-order valence-corrected chi connectivity index (χ2v) is 5.20. The van der Waals surface area contributed by atoms with Crippen molar-refractivity contribution in [2.75, 3.05) is 11.9 Å². The Bertz CT molecular complexity index is 421. The SMILES string of the molecule is CC(C)CC(CN)Nc1ccc(Cl)cc1C(N)=O. The molecule has 5 heteroatoms. The Labute approximate surface area is 113 Å². The fraction of sp³-hybridized carbons (Fsp3) is 0.462. The number of primary amides is 1. The highest BCUT2D eigenvalue weighted by Gasteiger charge is 2.14. The van der Waals surface area contributed by atoms with Crippen molar-refractivity contribution in [1.82, 2.24) is 0 Å². The van der Waals surface area contributed by atoms with Crippen molar-refractivity contribution >= 4 is 23.2 Å². The molecule has 1 aromatic rings. The summed E-state index contributed by atoms with van der Waals surface area (Å²) in [6.45, 7) is 4.75. The predicted molar refractivity (Wildman–Crippen MR) is 75.9 cm³/mol. The van der Waals surface area contributed by atoms with Gasteiger partial charge in [-0.1, -0.05) is 25.4 Å². The first-order chi connectivity index (χ1) is 8.43. The fourth-order valence-corrected chi connectivity index (χ4v) is 2.02. The van der Waals surface area contributed by atoms with Gasteiger partial charge in [0.05, 0.1) is 5.56 Å². The molecule has 0 aliphatic rings. The lowest BCUT2D eigenvalue weighted by Crippen LogP contribution is -2.31. The molecule has 0 aliphatic carbocycles. The minimum atomic E-state index is -0.500. The highest BCUT2D eigenvalue weighted by molar-refractivity contribution is 6.31. The standard InChI is InChI=1S/C13H20ClN3O/c1-8(2)5-10(7-15)17-12-4-3-9(14)6-11(12)13(16)18/h3-4,6,8,10,17H,5,7,15H2,1-2H3,(H2,16,18). The zero-order chi connectivity index (χ0) is 13.7.